The van der Waals surface area contributed by atoms with Crippen LogP contribution >= 0.6 is 0 Å². The van der Waals surface area contributed by atoms with Crippen LogP contribution < -0.4 is 10.6 Å². The number of carbonyl (C=O) groups excluding carboxylic acids is 2. The fourth-order valence-corrected chi connectivity index (χ4v) is 3.32. The van der Waals surface area contributed by atoms with Crippen LogP contribution in [0.5, 0.6) is 0 Å². The van der Waals surface area contributed by atoms with Crippen LogP contribution in [0.3, 0.4) is 0 Å². The summed E-state index contributed by atoms with van der Waals surface area (Å²) in [6.07, 6.45) is 5.54. The van der Waals surface area contributed by atoms with E-state index in [1.807, 2.05) is 37.3 Å². The Balaban J connectivity index is 1.45. The first kappa shape index (κ1) is 16.0. The molecule has 1 atom stereocenters. The van der Waals surface area contributed by atoms with E-state index in [9.17, 15) is 9.59 Å². The van der Waals surface area contributed by atoms with Gasteiger partial charge in [0.1, 0.15) is 0 Å². The highest BCUT2D eigenvalue weighted by Gasteiger charge is 2.32. The Morgan fingerprint density at radius 2 is 1.48 bits per heavy atom. The number of hydrogen-bond donors (Lipinski definition) is 2. The molecule has 23 heavy (non-hydrogen) atoms. The lowest BCUT2D eigenvalue weighted by molar-refractivity contribution is -0.131. The van der Waals surface area contributed by atoms with Gasteiger partial charge in [0, 0.05) is 17.9 Å². The van der Waals surface area contributed by atoms with Gasteiger partial charge in [-0.25, -0.2) is 0 Å². The largest absolute Gasteiger partial charge is 0.353 e. The zero-order valence-electron chi connectivity index (χ0n) is 13.8. The Bertz CT molecular complexity index is 546. The number of nitrogens with one attached hydrogen (secondary N) is 2. The van der Waals surface area contributed by atoms with Crippen LogP contribution in [0.1, 0.15) is 57.1 Å². The zero-order valence-corrected chi connectivity index (χ0v) is 13.8. The molecule has 2 amide bonds. The third-order valence-corrected chi connectivity index (χ3v) is 5.05. The van der Waals surface area contributed by atoms with Crippen molar-refractivity contribution < 1.29 is 9.59 Å². The summed E-state index contributed by atoms with van der Waals surface area (Å²) in [5.74, 6) is 0.476. The molecule has 2 aliphatic rings. The van der Waals surface area contributed by atoms with E-state index >= 15 is 0 Å². The molecule has 0 heterocycles. The van der Waals surface area contributed by atoms with Gasteiger partial charge in [0.15, 0.2) is 0 Å². The molecule has 2 saturated carbocycles. The number of rotatable bonds is 5. The first-order chi connectivity index (χ1) is 11.1. The van der Waals surface area contributed by atoms with Gasteiger partial charge in [-0.05, 0) is 51.0 Å². The number of amides is 2. The minimum Gasteiger partial charge on any atom is -0.353 e. The topological polar surface area (TPSA) is 58.2 Å². The summed E-state index contributed by atoms with van der Waals surface area (Å²) in [6, 6.07) is 10.5. The van der Waals surface area contributed by atoms with Crippen LogP contribution in [0.15, 0.2) is 30.3 Å². The first-order valence-corrected chi connectivity index (χ1v) is 8.79. The summed E-state index contributed by atoms with van der Waals surface area (Å²) in [5.41, 5.74) is 1.12. The smallest absolute Gasteiger partial charge is 0.223 e. The van der Waals surface area contributed by atoms with Crippen LogP contribution in [0, 0.1) is 11.8 Å². The molecule has 124 valence electrons. The van der Waals surface area contributed by atoms with Crippen molar-refractivity contribution in [2.75, 3.05) is 0 Å². The van der Waals surface area contributed by atoms with Crippen molar-refractivity contribution in [2.45, 2.75) is 57.5 Å². The van der Waals surface area contributed by atoms with Crippen LogP contribution in [-0.4, -0.2) is 17.9 Å². The highest BCUT2D eigenvalue weighted by atomic mass is 16.2. The summed E-state index contributed by atoms with van der Waals surface area (Å²) >= 11 is 0. The number of carbonyl (C=O) groups is 2. The van der Waals surface area contributed by atoms with Crippen LogP contribution in [-0.2, 0) is 9.59 Å². The van der Waals surface area contributed by atoms with Crippen molar-refractivity contribution in [2.24, 2.45) is 11.8 Å². The molecule has 2 fully saturated rings. The lowest BCUT2D eigenvalue weighted by atomic mass is 9.81. The maximum absolute atomic E-state index is 12.4. The van der Waals surface area contributed by atoms with E-state index in [2.05, 4.69) is 10.6 Å². The van der Waals surface area contributed by atoms with Crippen LogP contribution in [0.25, 0.3) is 0 Å². The van der Waals surface area contributed by atoms with E-state index in [0.717, 1.165) is 44.1 Å². The summed E-state index contributed by atoms with van der Waals surface area (Å²) in [7, 11) is 0. The van der Waals surface area contributed by atoms with E-state index in [1.54, 1.807) is 0 Å². The SMILES string of the molecule is CC(NC(=O)C1CCC(C(=O)NC2CC2)CC1)c1ccccc1. The molecule has 0 bridgehead atoms. The molecule has 1 aromatic carbocycles. The van der Waals surface area contributed by atoms with Gasteiger partial charge >= 0.3 is 0 Å². The lowest BCUT2D eigenvalue weighted by Crippen LogP contribution is -2.38. The maximum atomic E-state index is 12.4. The fourth-order valence-electron chi connectivity index (χ4n) is 3.32. The molecule has 1 unspecified atom stereocenters. The van der Waals surface area contributed by atoms with Gasteiger partial charge in [-0.15, -0.1) is 0 Å². The molecule has 0 saturated heterocycles. The number of benzene rings is 1. The Hall–Kier alpha value is -1.84. The second-order valence-electron chi connectivity index (χ2n) is 6.97. The first-order valence-electron chi connectivity index (χ1n) is 8.79. The van der Waals surface area contributed by atoms with Gasteiger partial charge < -0.3 is 10.6 Å². The Kier molecular flexibility index (Phi) is 4.99. The average molecular weight is 314 g/mol. The van der Waals surface area contributed by atoms with Crippen LogP contribution in [0.4, 0.5) is 0 Å². The Morgan fingerprint density at radius 3 is 2.04 bits per heavy atom. The lowest BCUT2D eigenvalue weighted by Gasteiger charge is -2.28. The predicted molar refractivity (Wildman–Crippen MR) is 89.6 cm³/mol. The second kappa shape index (κ2) is 7.16. The molecule has 1 aromatic rings. The summed E-state index contributed by atoms with van der Waals surface area (Å²) in [6.45, 7) is 2.02. The van der Waals surface area contributed by atoms with E-state index in [4.69, 9.17) is 0 Å². The maximum Gasteiger partial charge on any atom is 0.223 e. The van der Waals surface area contributed by atoms with E-state index < -0.39 is 0 Å². The molecule has 0 aromatic heterocycles. The third-order valence-electron chi connectivity index (χ3n) is 5.05. The minimum atomic E-state index is 0.0274. The summed E-state index contributed by atoms with van der Waals surface area (Å²) < 4.78 is 0. The minimum absolute atomic E-state index is 0.0274. The van der Waals surface area contributed by atoms with Crippen molar-refractivity contribution in [3.05, 3.63) is 35.9 Å². The van der Waals surface area contributed by atoms with Crippen molar-refractivity contribution in [1.82, 2.24) is 10.6 Å². The Morgan fingerprint density at radius 1 is 0.913 bits per heavy atom. The molecule has 4 nitrogen and oxygen atoms in total. The molecular weight excluding hydrogens is 288 g/mol. The molecule has 3 rings (SSSR count). The normalized spacial score (nSPS) is 25.4. The van der Waals surface area contributed by atoms with E-state index in [0.29, 0.717) is 6.04 Å². The van der Waals surface area contributed by atoms with Crippen molar-refractivity contribution >= 4 is 11.8 Å². The predicted octanol–water partition coefficient (Wildman–Crippen LogP) is 2.95. The molecule has 2 N–H and O–H groups in total. The molecule has 0 spiro atoms. The van der Waals surface area contributed by atoms with Gasteiger partial charge in [0.2, 0.25) is 11.8 Å². The number of hydrogen-bond acceptors (Lipinski definition) is 2. The summed E-state index contributed by atoms with van der Waals surface area (Å²) in [4.78, 5) is 24.5. The van der Waals surface area contributed by atoms with Crippen molar-refractivity contribution in [3.8, 4) is 0 Å². The molecule has 0 aliphatic heterocycles. The quantitative estimate of drug-likeness (QED) is 0.878. The van der Waals surface area contributed by atoms with E-state index in [1.165, 1.54) is 0 Å². The highest BCUT2D eigenvalue weighted by Crippen LogP contribution is 2.30. The van der Waals surface area contributed by atoms with Gasteiger partial charge in [-0.3, -0.25) is 9.59 Å². The monoisotopic (exact) mass is 314 g/mol. The summed E-state index contributed by atoms with van der Waals surface area (Å²) in [5, 5.41) is 6.19. The van der Waals surface area contributed by atoms with Gasteiger partial charge in [0.25, 0.3) is 0 Å². The molecule has 2 aliphatic carbocycles. The third kappa shape index (κ3) is 4.34. The average Bonchev–Trinajstić information content (AvgIpc) is 3.39. The van der Waals surface area contributed by atoms with Gasteiger partial charge in [-0.1, -0.05) is 30.3 Å². The van der Waals surface area contributed by atoms with Gasteiger partial charge in [0.05, 0.1) is 6.04 Å². The molecule has 4 heteroatoms. The van der Waals surface area contributed by atoms with E-state index in [-0.39, 0.29) is 29.7 Å². The zero-order chi connectivity index (χ0) is 16.2. The second-order valence-corrected chi connectivity index (χ2v) is 6.97. The molecule has 0 radical (unpaired) electrons. The van der Waals surface area contributed by atoms with Gasteiger partial charge in [-0.2, -0.15) is 0 Å². The van der Waals surface area contributed by atoms with Crippen molar-refractivity contribution in [3.63, 3.8) is 0 Å². The van der Waals surface area contributed by atoms with Crippen molar-refractivity contribution in [1.29, 1.82) is 0 Å². The standard InChI is InChI=1S/C19H26N2O2/c1-13(14-5-3-2-4-6-14)20-18(22)15-7-9-16(10-8-15)19(23)21-17-11-12-17/h2-6,13,15-17H,7-12H2,1H3,(H,20,22)(H,21,23). The Labute approximate surface area is 138 Å². The molecular formula is C19H26N2O2. The fraction of sp³-hybridized carbons (Fsp3) is 0.579. The highest BCUT2D eigenvalue weighted by molar-refractivity contribution is 5.81. The van der Waals surface area contributed by atoms with Crippen LogP contribution in [0.2, 0.25) is 0 Å².